The lowest BCUT2D eigenvalue weighted by molar-refractivity contribution is 0.205. The van der Waals surface area contributed by atoms with E-state index in [2.05, 4.69) is 31.6 Å². The Morgan fingerprint density at radius 1 is 1.32 bits per heavy atom. The number of nitrogens with zero attached hydrogens (tertiary/aromatic N) is 5. The summed E-state index contributed by atoms with van der Waals surface area (Å²) >= 11 is 1.64. The highest BCUT2D eigenvalue weighted by Crippen LogP contribution is 2.24. The first-order chi connectivity index (χ1) is 10.8. The van der Waals surface area contributed by atoms with Gasteiger partial charge in [-0.1, -0.05) is 13.0 Å². The molecule has 6 nitrogen and oxygen atoms in total. The number of hydrogen-bond donors (Lipinski definition) is 0. The number of oxazole rings is 1. The van der Waals surface area contributed by atoms with E-state index in [0.29, 0.717) is 5.89 Å². The van der Waals surface area contributed by atoms with E-state index in [0.717, 1.165) is 54.8 Å². The van der Waals surface area contributed by atoms with Crippen molar-refractivity contribution >= 4 is 11.3 Å². The van der Waals surface area contributed by atoms with Crippen molar-refractivity contribution in [3.8, 4) is 10.8 Å². The number of hydrogen-bond acceptors (Lipinski definition) is 6. The summed E-state index contributed by atoms with van der Waals surface area (Å²) in [5.41, 5.74) is 0.965. The van der Waals surface area contributed by atoms with Gasteiger partial charge in [0.15, 0.2) is 0 Å². The smallest absolute Gasteiger partial charge is 0.236 e. The standard InChI is InChI=1S/C15H17N5OS/c1-2-13-17-18-14-9-19(5-6-20(13)14)8-11-10-21-15(16-11)12-4-3-7-22-12/h3-4,7,10H,2,5-6,8-9H2,1H3. The van der Waals surface area contributed by atoms with E-state index in [9.17, 15) is 0 Å². The van der Waals surface area contributed by atoms with Gasteiger partial charge in [0.05, 0.1) is 17.1 Å². The molecule has 0 spiro atoms. The highest BCUT2D eigenvalue weighted by Gasteiger charge is 2.21. The Morgan fingerprint density at radius 2 is 2.27 bits per heavy atom. The number of thiophene rings is 1. The van der Waals surface area contributed by atoms with Crippen LogP contribution in [0, 0.1) is 0 Å². The van der Waals surface area contributed by atoms with E-state index in [1.165, 1.54) is 0 Å². The Hall–Kier alpha value is -1.99. The summed E-state index contributed by atoms with van der Waals surface area (Å²) in [6.07, 6.45) is 2.69. The Morgan fingerprint density at radius 3 is 3.09 bits per heavy atom. The van der Waals surface area contributed by atoms with Gasteiger partial charge in [-0.05, 0) is 11.4 Å². The molecule has 3 aromatic heterocycles. The van der Waals surface area contributed by atoms with Crippen LogP contribution in [0.5, 0.6) is 0 Å². The largest absolute Gasteiger partial charge is 0.444 e. The van der Waals surface area contributed by atoms with E-state index < -0.39 is 0 Å². The first-order valence-corrected chi connectivity index (χ1v) is 8.33. The van der Waals surface area contributed by atoms with Gasteiger partial charge >= 0.3 is 0 Å². The summed E-state index contributed by atoms with van der Waals surface area (Å²) in [6.45, 7) is 5.64. The van der Waals surface area contributed by atoms with Crippen LogP contribution in [-0.2, 0) is 26.1 Å². The quantitative estimate of drug-likeness (QED) is 0.740. The molecule has 0 N–H and O–H groups in total. The molecule has 0 unspecified atom stereocenters. The first kappa shape index (κ1) is 13.7. The van der Waals surface area contributed by atoms with Crippen LogP contribution in [0.25, 0.3) is 10.8 Å². The van der Waals surface area contributed by atoms with Crippen LogP contribution in [0.3, 0.4) is 0 Å². The third-order valence-corrected chi connectivity index (χ3v) is 4.75. The van der Waals surface area contributed by atoms with Crippen LogP contribution in [0.2, 0.25) is 0 Å². The van der Waals surface area contributed by atoms with Gasteiger partial charge in [0, 0.05) is 26.1 Å². The Bertz CT molecular complexity index is 761. The van der Waals surface area contributed by atoms with Gasteiger partial charge in [-0.15, -0.1) is 21.5 Å². The SMILES string of the molecule is CCc1nnc2n1CCN(Cc1coc(-c3cccs3)n1)C2. The zero-order valence-corrected chi connectivity index (χ0v) is 13.2. The summed E-state index contributed by atoms with van der Waals surface area (Å²) in [6, 6.07) is 4.03. The molecular weight excluding hydrogens is 298 g/mol. The maximum Gasteiger partial charge on any atom is 0.236 e. The van der Waals surface area contributed by atoms with Crippen LogP contribution in [0.4, 0.5) is 0 Å². The molecular formula is C15H17N5OS. The van der Waals surface area contributed by atoms with Crippen molar-refractivity contribution in [2.45, 2.75) is 33.0 Å². The van der Waals surface area contributed by atoms with Crippen molar-refractivity contribution in [3.63, 3.8) is 0 Å². The van der Waals surface area contributed by atoms with Crippen molar-refractivity contribution in [1.29, 1.82) is 0 Å². The van der Waals surface area contributed by atoms with Crippen molar-refractivity contribution < 1.29 is 4.42 Å². The average Bonchev–Trinajstić information content (AvgIpc) is 3.27. The van der Waals surface area contributed by atoms with Crippen LogP contribution < -0.4 is 0 Å². The Kier molecular flexibility index (Phi) is 3.51. The van der Waals surface area contributed by atoms with Crippen LogP contribution in [0.15, 0.2) is 28.2 Å². The van der Waals surface area contributed by atoms with Crippen molar-refractivity contribution in [3.05, 3.63) is 41.1 Å². The van der Waals surface area contributed by atoms with Gasteiger partial charge in [0.2, 0.25) is 5.89 Å². The first-order valence-electron chi connectivity index (χ1n) is 7.45. The zero-order chi connectivity index (χ0) is 14.9. The molecule has 0 aliphatic carbocycles. The number of rotatable bonds is 4. The van der Waals surface area contributed by atoms with Crippen molar-refractivity contribution in [2.75, 3.05) is 6.54 Å². The topological polar surface area (TPSA) is 60.0 Å². The zero-order valence-electron chi connectivity index (χ0n) is 12.4. The monoisotopic (exact) mass is 315 g/mol. The summed E-state index contributed by atoms with van der Waals surface area (Å²) in [5.74, 6) is 2.83. The van der Waals surface area contributed by atoms with Gasteiger partial charge in [-0.3, -0.25) is 4.90 Å². The summed E-state index contributed by atoms with van der Waals surface area (Å²) in [4.78, 5) is 7.98. The predicted molar refractivity (Wildman–Crippen MR) is 83.3 cm³/mol. The maximum atomic E-state index is 5.58. The van der Waals surface area contributed by atoms with E-state index in [1.54, 1.807) is 17.6 Å². The molecule has 0 bridgehead atoms. The van der Waals surface area contributed by atoms with Crippen molar-refractivity contribution in [1.82, 2.24) is 24.6 Å². The lowest BCUT2D eigenvalue weighted by Crippen LogP contribution is -2.34. The molecule has 0 aromatic carbocycles. The molecule has 3 aromatic rings. The minimum atomic E-state index is 0.707. The molecule has 0 saturated heterocycles. The third kappa shape index (κ3) is 2.46. The fourth-order valence-electron chi connectivity index (χ4n) is 2.79. The molecule has 4 rings (SSSR count). The second kappa shape index (κ2) is 5.66. The molecule has 0 amide bonds. The van der Waals surface area contributed by atoms with Gasteiger partial charge in [-0.2, -0.15) is 0 Å². The van der Waals surface area contributed by atoms with Crippen molar-refractivity contribution in [2.24, 2.45) is 0 Å². The average molecular weight is 315 g/mol. The molecule has 4 heterocycles. The minimum Gasteiger partial charge on any atom is -0.444 e. The minimum absolute atomic E-state index is 0.707. The molecule has 0 fully saturated rings. The molecule has 0 atom stereocenters. The van der Waals surface area contributed by atoms with Crippen LogP contribution in [0.1, 0.15) is 24.3 Å². The van der Waals surface area contributed by atoms with E-state index in [4.69, 9.17) is 4.42 Å². The second-order valence-corrected chi connectivity index (χ2v) is 6.32. The van der Waals surface area contributed by atoms with Gasteiger partial charge in [-0.25, -0.2) is 4.98 Å². The van der Waals surface area contributed by atoms with E-state index >= 15 is 0 Å². The molecule has 7 heteroatoms. The van der Waals surface area contributed by atoms with Gasteiger partial charge in [0.25, 0.3) is 0 Å². The molecule has 0 radical (unpaired) electrons. The number of aromatic nitrogens is 4. The summed E-state index contributed by atoms with van der Waals surface area (Å²) in [7, 11) is 0. The summed E-state index contributed by atoms with van der Waals surface area (Å²) in [5, 5.41) is 10.6. The number of fused-ring (bicyclic) bond motifs is 1. The third-order valence-electron chi connectivity index (χ3n) is 3.89. The fourth-order valence-corrected chi connectivity index (χ4v) is 3.44. The molecule has 0 saturated carbocycles. The van der Waals surface area contributed by atoms with Crippen LogP contribution >= 0.6 is 11.3 Å². The maximum absolute atomic E-state index is 5.58. The second-order valence-electron chi connectivity index (χ2n) is 5.37. The number of aryl methyl sites for hydroxylation is 1. The normalized spacial score (nSPS) is 15.1. The molecule has 22 heavy (non-hydrogen) atoms. The highest BCUT2D eigenvalue weighted by molar-refractivity contribution is 7.13. The Labute approximate surface area is 132 Å². The predicted octanol–water partition coefficient (Wildman–Crippen LogP) is 2.57. The molecule has 114 valence electrons. The molecule has 1 aliphatic rings. The fraction of sp³-hybridized carbons (Fsp3) is 0.400. The van der Waals surface area contributed by atoms with Gasteiger partial charge < -0.3 is 8.98 Å². The van der Waals surface area contributed by atoms with Crippen LogP contribution in [-0.4, -0.2) is 31.2 Å². The summed E-state index contributed by atoms with van der Waals surface area (Å²) < 4.78 is 7.81. The Balaban J connectivity index is 1.46. The van der Waals surface area contributed by atoms with Gasteiger partial charge in [0.1, 0.15) is 17.9 Å². The molecule has 1 aliphatic heterocycles. The van der Waals surface area contributed by atoms with E-state index in [1.807, 2.05) is 17.5 Å². The lowest BCUT2D eigenvalue weighted by Gasteiger charge is -2.26. The van der Waals surface area contributed by atoms with E-state index in [-0.39, 0.29) is 0 Å². The highest BCUT2D eigenvalue weighted by atomic mass is 32.1. The lowest BCUT2D eigenvalue weighted by atomic mass is 10.3.